The van der Waals surface area contributed by atoms with Crippen LogP contribution in [0.25, 0.3) is 5.65 Å². The number of imidazole rings is 1. The molecule has 9 nitrogen and oxygen atoms in total. The Balaban J connectivity index is 1.54. The standard InChI is InChI=1S/C25H29F5N6O3/c1-14(2)21-17(13-39-35-21)23(38)34-22(16-3-6-24(26,27)7-4-16)18-12-36-19(33-18)9-15(11-32-36)10-31-20(37)5-8-25(28,29)30/h9,11-14,16,22H,3-8,10H2,1-2H3,(H,31,37)(H,34,38)/t22-/m0/s1. The maximum Gasteiger partial charge on any atom is 0.389 e. The molecule has 0 unspecified atom stereocenters. The van der Waals surface area contributed by atoms with Crippen molar-refractivity contribution < 1.29 is 36.1 Å². The van der Waals surface area contributed by atoms with Crippen LogP contribution in [0.5, 0.6) is 0 Å². The van der Waals surface area contributed by atoms with Gasteiger partial charge in [0.15, 0.2) is 5.65 Å². The van der Waals surface area contributed by atoms with Crippen molar-refractivity contribution in [2.45, 2.75) is 83.0 Å². The molecule has 1 aliphatic rings. The lowest BCUT2D eigenvalue weighted by Gasteiger charge is -2.33. The van der Waals surface area contributed by atoms with Gasteiger partial charge in [-0.05, 0) is 36.3 Å². The summed E-state index contributed by atoms with van der Waals surface area (Å²) in [6.07, 6.45) is -2.31. The van der Waals surface area contributed by atoms with E-state index >= 15 is 0 Å². The molecular weight excluding hydrogens is 527 g/mol. The second kappa shape index (κ2) is 11.3. The van der Waals surface area contributed by atoms with E-state index in [1.54, 1.807) is 12.3 Å². The van der Waals surface area contributed by atoms with Crippen LogP contribution in [-0.2, 0) is 11.3 Å². The third-order valence-corrected chi connectivity index (χ3v) is 6.75. The molecule has 3 aromatic rings. The number of aromatic nitrogens is 4. The van der Waals surface area contributed by atoms with Gasteiger partial charge in [0.05, 0.1) is 36.2 Å². The third kappa shape index (κ3) is 7.30. The zero-order valence-electron chi connectivity index (χ0n) is 21.4. The van der Waals surface area contributed by atoms with Crippen LogP contribution in [0.2, 0.25) is 0 Å². The summed E-state index contributed by atoms with van der Waals surface area (Å²) in [6.45, 7) is 3.67. The maximum atomic E-state index is 13.9. The summed E-state index contributed by atoms with van der Waals surface area (Å²) in [4.78, 5) is 29.5. The van der Waals surface area contributed by atoms with Gasteiger partial charge in [0.25, 0.3) is 5.91 Å². The first-order chi connectivity index (χ1) is 18.3. The highest BCUT2D eigenvalue weighted by atomic mass is 19.4. The Bertz CT molecular complexity index is 1310. The topological polar surface area (TPSA) is 114 Å². The van der Waals surface area contributed by atoms with E-state index in [2.05, 4.69) is 25.9 Å². The molecule has 2 N–H and O–H groups in total. The number of amides is 2. The summed E-state index contributed by atoms with van der Waals surface area (Å²) >= 11 is 0. The molecule has 14 heteroatoms. The predicted octanol–water partition coefficient (Wildman–Crippen LogP) is 5.10. The van der Waals surface area contributed by atoms with E-state index in [1.807, 2.05) is 13.8 Å². The number of rotatable bonds is 9. The number of alkyl halides is 5. The number of hydrogen-bond donors (Lipinski definition) is 2. The van der Waals surface area contributed by atoms with Crippen molar-refractivity contribution in [3.05, 3.63) is 47.2 Å². The summed E-state index contributed by atoms with van der Waals surface area (Å²) in [6, 6.07) is 0.904. The van der Waals surface area contributed by atoms with Gasteiger partial charge in [0, 0.05) is 25.8 Å². The minimum absolute atomic E-state index is 0.0499. The van der Waals surface area contributed by atoms with Crippen LogP contribution in [-0.4, -0.2) is 43.7 Å². The van der Waals surface area contributed by atoms with Gasteiger partial charge in [-0.25, -0.2) is 18.3 Å². The lowest BCUT2D eigenvalue weighted by atomic mass is 9.81. The van der Waals surface area contributed by atoms with Gasteiger partial charge in [-0.3, -0.25) is 9.59 Å². The predicted molar refractivity (Wildman–Crippen MR) is 128 cm³/mol. The van der Waals surface area contributed by atoms with E-state index in [0.29, 0.717) is 22.6 Å². The molecule has 0 aliphatic heterocycles. The monoisotopic (exact) mass is 556 g/mol. The van der Waals surface area contributed by atoms with Gasteiger partial charge >= 0.3 is 6.18 Å². The molecule has 3 aromatic heterocycles. The van der Waals surface area contributed by atoms with E-state index in [9.17, 15) is 31.5 Å². The highest BCUT2D eigenvalue weighted by molar-refractivity contribution is 5.95. The first-order valence-electron chi connectivity index (χ1n) is 12.6. The molecule has 0 aromatic carbocycles. The summed E-state index contributed by atoms with van der Waals surface area (Å²) in [5, 5.41) is 13.5. The van der Waals surface area contributed by atoms with Gasteiger partial charge in [-0.2, -0.15) is 18.3 Å². The molecule has 0 saturated heterocycles. The van der Waals surface area contributed by atoms with Gasteiger partial charge < -0.3 is 15.2 Å². The lowest BCUT2D eigenvalue weighted by Crippen LogP contribution is -2.37. The number of hydrogen-bond acceptors (Lipinski definition) is 6. The molecule has 39 heavy (non-hydrogen) atoms. The maximum absolute atomic E-state index is 13.9. The third-order valence-electron chi connectivity index (χ3n) is 6.75. The van der Waals surface area contributed by atoms with E-state index in [1.165, 1.54) is 17.0 Å². The molecule has 1 aliphatic carbocycles. The molecule has 0 radical (unpaired) electrons. The fourth-order valence-corrected chi connectivity index (χ4v) is 4.60. The van der Waals surface area contributed by atoms with Crippen LogP contribution >= 0.6 is 0 Å². The smallest absolute Gasteiger partial charge is 0.364 e. The molecule has 1 saturated carbocycles. The average Bonchev–Trinajstić information content (AvgIpc) is 3.52. The summed E-state index contributed by atoms with van der Waals surface area (Å²) < 4.78 is 71.2. The number of nitrogens with zero attached hydrogens (tertiary/aromatic N) is 4. The minimum Gasteiger partial charge on any atom is -0.364 e. The number of carbonyl (C=O) groups is 2. The number of carbonyl (C=O) groups excluding carboxylic acids is 2. The van der Waals surface area contributed by atoms with E-state index in [4.69, 9.17) is 4.52 Å². The molecule has 1 fully saturated rings. The van der Waals surface area contributed by atoms with Gasteiger partial charge in [0.2, 0.25) is 11.8 Å². The summed E-state index contributed by atoms with van der Waals surface area (Å²) in [5.74, 6) is -4.36. The van der Waals surface area contributed by atoms with Crippen molar-refractivity contribution >= 4 is 17.5 Å². The van der Waals surface area contributed by atoms with Gasteiger partial charge in [0.1, 0.15) is 11.8 Å². The Labute approximate surface area is 220 Å². The van der Waals surface area contributed by atoms with Crippen molar-refractivity contribution in [3.63, 3.8) is 0 Å². The second-order valence-electron chi connectivity index (χ2n) is 10.1. The van der Waals surface area contributed by atoms with Crippen LogP contribution < -0.4 is 10.6 Å². The number of fused-ring (bicyclic) bond motifs is 1. The van der Waals surface area contributed by atoms with E-state index in [0.717, 1.165) is 0 Å². The van der Waals surface area contributed by atoms with Crippen LogP contribution in [0, 0.1) is 5.92 Å². The first-order valence-corrected chi connectivity index (χ1v) is 12.6. The molecule has 2 amide bonds. The Hall–Kier alpha value is -3.58. The molecular formula is C25H29F5N6O3. The van der Waals surface area contributed by atoms with Crippen LogP contribution in [0.1, 0.15) is 91.6 Å². The summed E-state index contributed by atoms with van der Waals surface area (Å²) in [5.41, 5.74) is 2.01. The van der Waals surface area contributed by atoms with Crippen molar-refractivity contribution in [1.29, 1.82) is 0 Å². The fourth-order valence-electron chi connectivity index (χ4n) is 4.60. The highest BCUT2D eigenvalue weighted by Gasteiger charge is 2.39. The van der Waals surface area contributed by atoms with Crippen LogP contribution in [0.4, 0.5) is 22.0 Å². The average molecular weight is 557 g/mol. The fraction of sp³-hybridized carbons (Fsp3) is 0.560. The molecule has 3 heterocycles. The first kappa shape index (κ1) is 28.4. The zero-order chi connectivity index (χ0) is 28.4. The van der Waals surface area contributed by atoms with E-state index < -0.39 is 42.8 Å². The van der Waals surface area contributed by atoms with Gasteiger partial charge in [-0.1, -0.05) is 19.0 Å². The van der Waals surface area contributed by atoms with Gasteiger partial charge in [-0.15, -0.1) is 0 Å². The molecule has 0 bridgehead atoms. The van der Waals surface area contributed by atoms with Crippen molar-refractivity contribution in [3.8, 4) is 0 Å². The Morgan fingerprint density at radius 3 is 2.62 bits per heavy atom. The second-order valence-corrected chi connectivity index (χ2v) is 10.1. The lowest BCUT2D eigenvalue weighted by molar-refractivity contribution is -0.144. The zero-order valence-corrected chi connectivity index (χ0v) is 21.4. The van der Waals surface area contributed by atoms with Crippen LogP contribution in [0.15, 0.2) is 29.2 Å². The molecule has 1 atom stereocenters. The quantitative estimate of drug-likeness (QED) is 0.355. The minimum atomic E-state index is -4.42. The normalized spacial score (nSPS) is 16.9. The Kier molecular flexibility index (Phi) is 8.21. The Morgan fingerprint density at radius 1 is 1.23 bits per heavy atom. The largest absolute Gasteiger partial charge is 0.389 e. The molecule has 0 spiro atoms. The summed E-state index contributed by atoms with van der Waals surface area (Å²) in [7, 11) is 0. The van der Waals surface area contributed by atoms with Crippen LogP contribution in [0.3, 0.4) is 0 Å². The van der Waals surface area contributed by atoms with Crippen molar-refractivity contribution in [2.24, 2.45) is 5.92 Å². The molecule has 4 rings (SSSR count). The van der Waals surface area contributed by atoms with Crippen molar-refractivity contribution in [2.75, 3.05) is 0 Å². The van der Waals surface area contributed by atoms with Crippen molar-refractivity contribution in [1.82, 2.24) is 30.4 Å². The molecule has 212 valence electrons. The number of halogens is 5. The van der Waals surface area contributed by atoms with E-state index in [-0.39, 0.29) is 49.6 Å². The highest BCUT2D eigenvalue weighted by Crippen LogP contribution is 2.41. The SMILES string of the molecule is CC(C)c1nocc1C(=O)N[C@H](c1cn2ncc(CNC(=O)CCC(F)(F)F)cc2n1)C1CCC(F)(F)CC1. The Morgan fingerprint density at radius 2 is 1.95 bits per heavy atom. The number of nitrogens with one attached hydrogen (secondary N) is 2.